The summed E-state index contributed by atoms with van der Waals surface area (Å²) in [6, 6.07) is 0.483. The van der Waals surface area contributed by atoms with Crippen LogP contribution in [0, 0.1) is 5.92 Å². The van der Waals surface area contributed by atoms with Crippen molar-refractivity contribution in [3.05, 3.63) is 0 Å². The summed E-state index contributed by atoms with van der Waals surface area (Å²) in [6.45, 7) is 8.45. The van der Waals surface area contributed by atoms with Crippen molar-refractivity contribution in [3.8, 4) is 0 Å². The number of hydrogen-bond acceptors (Lipinski definition) is 4. The SMILES string of the molecule is CCNC1(C(=O)OC)CCC(N(C)CCC(C)C)C1. The highest BCUT2D eigenvalue weighted by Gasteiger charge is 2.46. The van der Waals surface area contributed by atoms with Gasteiger partial charge >= 0.3 is 5.97 Å². The molecule has 1 N–H and O–H groups in total. The third-order valence-electron chi connectivity index (χ3n) is 4.26. The van der Waals surface area contributed by atoms with Crippen molar-refractivity contribution in [1.82, 2.24) is 10.2 Å². The van der Waals surface area contributed by atoms with E-state index in [9.17, 15) is 4.79 Å². The average molecular weight is 270 g/mol. The lowest BCUT2D eigenvalue weighted by molar-refractivity contribution is -0.148. The molecule has 1 aliphatic rings. The van der Waals surface area contributed by atoms with Crippen molar-refractivity contribution < 1.29 is 9.53 Å². The summed E-state index contributed by atoms with van der Waals surface area (Å²) in [7, 11) is 3.66. The molecule has 112 valence electrons. The minimum atomic E-state index is -0.458. The lowest BCUT2D eigenvalue weighted by Crippen LogP contribution is -2.51. The van der Waals surface area contributed by atoms with Gasteiger partial charge in [-0.2, -0.15) is 0 Å². The Morgan fingerprint density at radius 3 is 2.74 bits per heavy atom. The normalized spacial score (nSPS) is 27.2. The maximum atomic E-state index is 12.1. The van der Waals surface area contributed by atoms with Gasteiger partial charge < -0.3 is 15.0 Å². The van der Waals surface area contributed by atoms with E-state index in [0.29, 0.717) is 6.04 Å². The highest BCUT2D eigenvalue weighted by atomic mass is 16.5. The Kier molecular flexibility index (Phi) is 6.27. The Hall–Kier alpha value is -0.610. The standard InChI is InChI=1S/C15H30N2O2/c1-6-16-15(14(18)19-5)9-7-13(11-15)17(4)10-8-12(2)3/h12-13,16H,6-11H2,1-5H3. The molecule has 0 bridgehead atoms. The van der Waals surface area contributed by atoms with Crippen molar-refractivity contribution in [2.45, 2.75) is 58.0 Å². The van der Waals surface area contributed by atoms with E-state index in [0.717, 1.165) is 38.3 Å². The van der Waals surface area contributed by atoms with E-state index in [4.69, 9.17) is 4.74 Å². The van der Waals surface area contributed by atoms with E-state index in [-0.39, 0.29) is 5.97 Å². The first-order valence-corrected chi connectivity index (χ1v) is 7.49. The second kappa shape index (κ2) is 7.25. The van der Waals surface area contributed by atoms with Crippen LogP contribution in [-0.2, 0) is 9.53 Å². The molecule has 0 heterocycles. The molecule has 0 aromatic carbocycles. The van der Waals surface area contributed by atoms with E-state index in [1.807, 2.05) is 6.92 Å². The molecule has 4 heteroatoms. The third-order valence-corrected chi connectivity index (χ3v) is 4.26. The Morgan fingerprint density at radius 2 is 2.21 bits per heavy atom. The van der Waals surface area contributed by atoms with Crippen LogP contribution in [-0.4, -0.2) is 49.7 Å². The zero-order chi connectivity index (χ0) is 14.5. The maximum Gasteiger partial charge on any atom is 0.326 e. The molecular formula is C15H30N2O2. The summed E-state index contributed by atoms with van der Waals surface area (Å²) < 4.78 is 5.00. The summed E-state index contributed by atoms with van der Waals surface area (Å²) in [5.74, 6) is 0.622. The Bertz CT molecular complexity index is 294. The lowest BCUT2D eigenvalue weighted by Gasteiger charge is -2.30. The number of methoxy groups -OCH3 is 1. The van der Waals surface area contributed by atoms with Gasteiger partial charge in [-0.1, -0.05) is 20.8 Å². The molecule has 4 nitrogen and oxygen atoms in total. The Labute approximate surface area is 117 Å². The molecular weight excluding hydrogens is 240 g/mol. The maximum absolute atomic E-state index is 12.1. The molecule has 0 spiro atoms. The third kappa shape index (κ3) is 4.18. The summed E-state index contributed by atoms with van der Waals surface area (Å²) >= 11 is 0. The lowest BCUT2D eigenvalue weighted by atomic mass is 9.97. The van der Waals surface area contributed by atoms with Crippen LogP contribution >= 0.6 is 0 Å². The summed E-state index contributed by atoms with van der Waals surface area (Å²) in [5, 5.41) is 3.36. The zero-order valence-electron chi connectivity index (χ0n) is 13.2. The average Bonchev–Trinajstić information content (AvgIpc) is 2.81. The van der Waals surface area contributed by atoms with Crippen LogP contribution in [0.1, 0.15) is 46.5 Å². The molecule has 0 aromatic rings. The second-order valence-electron chi connectivity index (χ2n) is 6.16. The van der Waals surface area contributed by atoms with Crippen LogP contribution < -0.4 is 5.32 Å². The second-order valence-corrected chi connectivity index (χ2v) is 6.16. The molecule has 1 aliphatic carbocycles. The molecule has 0 saturated heterocycles. The van der Waals surface area contributed by atoms with Crippen molar-refractivity contribution >= 4 is 5.97 Å². The van der Waals surface area contributed by atoms with E-state index in [1.54, 1.807) is 0 Å². The van der Waals surface area contributed by atoms with Gasteiger partial charge in [0.15, 0.2) is 0 Å². The summed E-state index contributed by atoms with van der Waals surface area (Å²) in [5.41, 5.74) is -0.458. The van der Waals surface area contributed by atoms with Crippen LogP contribution in [0.4, 0.5) is 0 Å². The zero-order valence-corrected chi connectivity index (χ0v) is 13.2. The molecule has 2 atom stereocenters. The first-order valence-electron chi connectivity index (χ1n) is 7.49. The first-order chi connectivity index (χ1) is 8.95. The van der Waals surface area contributed by atoms with Gasteiger partial charge in [0.05, 0.1) is 7.11 Å². The van der Waals surface area contributed by atoms with Gasteiger partial charge in [-0.15, -0.1) is 0 Å². The van der Waals surface area contributed by atoms with Gasteiger partial charge in [-0.05, 0) is 51.7 Å². The number of rotatable bonds is 7. The fourth-order valence-electron chi connectivity index (χ4n) is 2.99. The van der Waals surface area contributed by atoms with Crippen LogP contribution in [0.2, 0.25) is 0 Å². The Balaban J connectivity index is 2.60. The number of hydrogen-bond donors (Lipinski definition) is 1. The number of carbonyl (C=O) groups is 1. The van der Waals surface area contributed by atoms with Gasteiger partial charge in [0.25, 0.3) is 0 Å². The number of ether oxygens (including phenoxy) is 1. The van der Waals surface area contributed by atoms with Gasteiger partial charge in [-0.25, -0.2) is 0 Å². The summed E-state index contributed by atoms with van der Waals surface area (Å²) in [6.07, 6.45) is 4.02. The number of esters is 1. The molecule has 1 rings (SSSR count). The highest BCUT2D eigenvalue weighted by Crippen LogP contribution is 2.33. The molecule has 0 aromatic heterocycles. The first kappa shape index (κ1) is 16.4. The molecule has 2 unspecified atom stereocenters. The van der Waals surface area contributed by atoms with Gasteiger partial charge in [0, 0.05) is 6.04 Å². The van der Waals surface area contributed by atoms with Crippen molar-refractivity contribution in [1.29, 1.82) is 0 Å². The van der Waals surface area contributed by atoms with Crippen LogP contribution in [0.25, 0.3) is 0 Å². The van der Waals surface area contributed by atoms with E-state index in [2.05, 4.69) is 31.1 Å². The van der Waals surface area contributed by atoms with E-state index >= 15 is 0 Å². The number of carbonyl (C=O) groups excluding carboxylic acids is 1. The predicted octanol–water partition coefficient (Wildman–Crippen LogP) is 2.04. The smallest absolute Gasteiger partial charge is 0.326 e. The molecule has 0 radical (unpaired) electrons. The highest BCUT2D eigenvalue weighted by molar-refractivity contribution is 5.81. The Morgan fingerprint density at radius 1 is 1.53 bits per heavy atom. The van der Waals surface area contributed by atoms with Crippen molar-refractivity contribution in [3.63, 3.8) is 0 Å². The molecule has 19 heavy (non-hydrogen) atoms. The molecule has 0 aliphatic heterocycles. The molecule has 1 saturated carbocycles. The van der Waals surface area contributed by atoms with Crippen molar-refractivity contribution in [2.24, 2.45) is 5.92 Å². The number of nitrogens with zero attached hydrogens (tertiary/aromatic N) is 1. The van der Waals surface area contributed by atoms with E-state index < -0.39 is 5.54 Å². The van der Waals surface area contributed by atoms with Gasteiger partial charge in [-0.3, -0.25) is 4.79 Å². The predicted molar refractivity (Wildman–Crippen MR) is 78.1 cm³/mol. The van der Waals surface area contributed by atoms with Crippen LogP contribution in [0.3, 0.4) is 0 Å². The van der Waals surface area contributed by atoms with Crippen LogP contribution in [0.15, 0.2) is 0 Å². The quantitative estimate of drug-likeness (QED) is 0.719. The summed E-state index contributed by atoms with van der Waals surface area (Å²) in [4.78, 5) is 14.5. The minimum absolute atomic E-state index is 0.103. The topological polar surface area (TPSA) is 41.6 Å². The largest absolute Gasteiger partial charge is 0.468 e. The fraction of sp³-hybridized carbons (Fsp3) is 0.933. The molecule has 1 fully saturated rings. The number of likely N-dealkylation sites (N-methyl/N-ethyl adjacent to an activating group) is 1. The minimum Gasteiger partial charge on any atom is -0.468 e. The monoisotopic (exact) mass is 270 g/mol. The molecule has 0 amide bonds. The van der Waals surface area contributed by atoms with E-state index in [1.165, 1.54) is 13.5 Å². The van der Waals surface area contributed by atoms with Gasteiger partial charge in [0.2, 0.25) is 0 Å². The fourth-order valence-corrected chi connectivity index (χ4v) is 2.99. The number of nitrogens with one attached hydrogen (secondary N) is 1. The van der Waals surface area contributed by atoms with Gasteiger partial charge in [0.1, 0.15) is 5.54 Å². The van der Waals surface area contributed by atoms with Crippen molar-refractivity contribution in [2.75, 3.05) is 27.2 Å². The van der Waals surface area contributed by atoms with Crippen LogP contribution in [0.5, 0.6) is 0 Å².